The van der Waals surface area contributed by atoms with Crippen molar-refractivity contribution < 1.29 is 0 Å². The molecule has 0 radical (unpaired) electrons. The van der Waals surface area contributed by atoms with Gasteiger partial charge in [-0.1, -0.05) is 173 Å². The Morgan fingerprint density at radius 1 is 0.825 bits per heavy atom. The smallest absolute Gasteiger partial charge is 0.0482 e. The van der Waals surface area contributed by atoms with Crippen LogP contribution in [0.1, 0.15) is 88.1 Å². The molecule has 0 fully saturated rings. The summed E-state index contributed by atoms with van der Waals surface area (Å²) in [5.41, 5.74) is 18.4. The number of nitrogens with zero attached hydrogens (tertiary/aromatic N) is 1. The number of rotatable bonds is 11. The number of benzene rings is 4. The molecule has 0 heterocycles. The highest BCUT2D eigenvalue weighted by Gasteiger charge is 2.53. The predicted octanol–water partition coefficient (Wildman–Crippen LogP) is 16.3. The molecule has 4 aromatic carbocycles. The molecule has 0 aromatic heterocycles. The quantitative estimate of drug-likeness (QED) is 0.120. The van der Waals surface area contributed by atoms with E-state index in [1.54, 1.807) is 0 Å². The summed E-state index contributed by atoms with van der Waals surface area (Å²) in [7, 11) is 0. The minimum atomic E-state index is -0.278. The standard InChI is InChI=1S/C61H64N2/c1-10-12-15-23-49-41-60(8,9)46(7)55(49)40-45(6)63(51-32-29-47(30-33-51)48-31-38-59(43(4)39-48)62-50-24-16-13-14-17-25-50)52-34-36-54-53-26-19-21-28-57(53)61(44(5)11-2,58(54)37-35-52)56-27-20-18-22-42(56)3/h10-16,18-35,37-41,46,54,58,62H,6,17,36H2,1-5,7-9H3/b12-10-,23-15-,44-11+,55-40+. The van der Waals surface area contributed by atoms with Gasteiger partial charge in [-0.3, -0.25) is 0 Å². The van der Waals surface area contributed by atoms with Gasteiger partial charge in [-0.25, -0.2) is 0 Å². The first-order valence-electron chi connectivity index (χ1n) is 22.9. The molecule has 0 spiro atoms. The molecule has 8 rings (SSSR count). The second kappa shape index (κ2) is 18.1. The summed E-state index contributed by atoms with van der Waals surface area (Å²) in [6, 6.07) is 34.1. The van der Waals surface area contributed by atoms with E-state index in [9.17, 15) is 0 Å². The van der Waals surface area contributed by atoms with Crippen LogP contribution in [0.25, 0.3) is 11.1 Å². The molecular weight excluding hydrogens is 761 g/mol. The first-order valence-corrected chi connectivity index (χ1v) is 22.9. The van der Waals surface area contributed by atoms with Gasteiger partial charge < -0.3 is 10.2 Å². The largest absolute Gasteiger partial charge is 0.356 e. The Hall–Kier alpha value is -6.38. The first-order chi connectivity index (χ1) is 30.5. The maximum atomic E-state index is 4.89. The number of allylic oxidation sites excluding steroid dienone is 18. The fraction of sp³-hybridized carbons (Fsp3) is 0.246. The number of hydrogen-bond acceptors (Lipinski definition) is 2. The van der Waals surface area contributed by atoms with Crippen LogP contribution < -0.4 is 10.2 Å². The monoisotopic (exact) mass is 825 g/mol. The highest BCUT2D eigenvalue weighted by atomic mass is 15.1. The van der Waals surface area contributed by atoms with E-state index < -0.39 is 0 Å². The lowest BCUT2D eigenvalue weighted by Crippen LogP contribution is -2.35. The molecule has 4 aromatic rings. The van der Waals surface area contributed by atoms with E-state index in [4.69, 9.17) is 6.58 Å². The average Bonchev–Trinajstić information content (AvgIpc) is 3.45. The number of nitrogens with one attached hydrogen (secondary N) is 1. The van der Waals surface area contributed by atoms with E-state index >= 15 is 0 Å². The van der Waals surface area contributed by atoms with E-state index in [1.165, 1.54) is 55.7 Å². The van der Waals surface area contributed by atoms with Crippen LogP contribution in [0.2, 0.25) is 0 Å². The molecule has 1 N–H and O–H groups in total. The lowest BCUT2D eigenvalue weighted by Gasteiger charge is -2.40. The number of anilines is 2. The van der Waals surface area contributed by atoms with Gasteiger partial charge in [-0.15, -0.1) is 0 Å². The van der Waals surface area contributed by atoms with Gasteiger partial charge in [-0.05, 0) is 157 Å². The highest BCUT2D eigenvalue weighted by molar-refractivity contribution is 5.74. The molecule has 63 heavy (non-hydrogen) atoms. The molecule has 4 aliphatic carbocycles. The van der Waals surface area contributed by atoms with E-state index in [-0.39, 0.29) is 16.7 Å². The fourth-order valence-corrected chi connectivity index (χ4v) is 10.6. The Balaban J connectivity index is 1.21. The van der Waals surface area contributed by atoms with Crippen molar-refractivity contribution in [3.8, 4) is 11.1 Å². The third-order valence-electron chi connectivity index (χ3n) is 14.3. The van der Waals surface area contributed by atoms with Crippen molar-refractivity contribution in [1.29, 1.82) is 0 Å². The van der Waals surface area contributed by atoms with Crippen LogP contribution in [0, 0.1) is 31.1 Å². The lowest BCUT2D eigenvalue weighted by molar-refractivity contribution is 0.376. The second-order valence-corrected chi connectivity index (χ2v) is 18.4. The van der Waals surface area contributed by atoms with Gasteiger partial charge in [0.2, 0.25) is 0 Å². The van der Waals surface area contributed by atoms with Gasteiger partial charge >= 0.3 is 0 Å². The molecule has 2 heteroatoms. The van der Waals surface area contributed by atoms with Crippen molar-refractivity contribution in [2.24, 2.45) is 17.3 Å². The Morgan fingerprint density at radius 3 is 2.32 bits per heavy atom. The van der Waals surface area contributed by atoms with Crippen LogP contribution in [0.5, 0.6) is 0 Å². The topological polar surface area (TPSA) is 15.3 Å². The Morgan fingerprint density at radius 2 is 1.57 bits per heavy atom. The summed E-state index contributed by atoms with van der Waals surface area (Å²) < 4.78 is 0. The first kappa shape index (κ1) is 43.3. The van der Waals surface area contributed by atoms with Gasteiger partial charge in [0, 0.05) is 39.8 Å². The minimum absolute atomic E-state index is 0.0217. The fourth-order valence-electron chi connectivity index (χ4n) is 10.6. The molecular formula is C61H64N2. The molecule has 318 valence electrons. The Kier molecular flexibility index (Phi) is 12.5. The van der Waals surface area contributed by atoms with Gasteiger partial charge in [-0.2, -0.15) is 0 Å². The SMILES string of the molecule is C=C(/C=C1/C(/C=C\C=C/C)=CC(C)(C)C1C)N(C1=CCC2c3ccccc3C(/C(C)=C/C)(c3ccccc3C)C2C=C1)c1ccc(-c2ccc(NC3=CCC=CC=C3)c(C)c2)cc1. The summed E-state index contributed by atoms with van der Waals surface area (Å²) in [5, 5.41) is 3.63. The van der Waals surface area contributed by atoms with Gasteiger partial charge in [0.05, 0.1) is 0 Å². The molecule has 4 unspecified atom stereocenters. The third-order valence-corrected chi connectivity index (χ3v) is 14.3. The molecule has 4 atom stereocenters. The van der Waals surface area contributed by atoms with Gasteiger partial charge in [0.25, 0.3) is 0 Å². The van der Waals surface area contributed by atoms with Crippen molar-refractivity contribution in [2.75, 3.05) is 10.2 Å². The van der Waals surface area contributed by atoms with Crippen LogP contribution in [0.15, 0.2) is 223 Å². The van der Waals surface area contributed by atoms with E-state index in [0.29, 0.717) is 11.8 Å². The summed E-state index contributed by atoms with van der Waals surface area (Å²) in [6.45, 7) is 23.0. The van der Waals surface area contributed by atoms with E-state index in [2.05, 4.69) is 248 Å². The van der Waals surface area contributed by atoms with Crippen molar-refractivity contribution in [2.45, 2.75) is 79.6 Å². The van der Waals surface area contributed by atoms with Crippen LogP contribution in [0.3, 0.4) is 0 Å². The number of fused-ring (bicyclic) bond motifs is 3. The molecule has 4 aliphatic rings. The Bertz CT molecular complexity index is 2710. The zero-order valence-corrected chi connectivity index (χ0v) is 38.6. The molecule has 0 saturated carbocycles. The summed E-state index contributed by atoms with van der Waals surface area (Å²) in [6.07, 6.45) is 35.7. The lowest BCUT2D eigenvalue weighted by atomic mass is 9.62. The maximum absolute atomic E-state index is 4.89. The number of aryl methyl sites for hydroxylation is 2. The third kappa shape index (κ3) is 8.20. The van der Waals surface area contributed by atoms with Crippen molar-refractivity contribution in [3.63, 3.8) is 0 Å². The maximum Gasteiger partial charge on any atom is 0.0482 e. The van der Waals surface area contributed by atoms with E-state index in [0.717, 1.165) is 41.3 Å². The van der Waals surface area contributed by atoms with Crippen molar-refractivity contribution in [1.82, 2.24) is 0 Å². The molecule has 0 bridgehead atoms. The zero-order valence-electron chi connectivity index (χ0n) is 38.6. The predicted molar refractivity (Wildman–Crippen MR) is 272 cm³/mol. The molecule has 2 nitrogen and oxygen atoms in total. The van der Waals surface area contributed by atoms with Crippen LogP contribution in [-0.4, -0.2) is 0 Å². The average molecular weight is 825 g/mol. The molecule has 0 aliphatic heterocycles. The van der Waals surface area contributed by atoms with E-state index in [1.807, 2.05) is 0 Å². The van der Waals surface area contributed by atoms with Gasteiger partial charge in [0.1, 0.15) is 0 Å². The summed E-state index contributed by atoms with van der Waals surface area (Å²) in [4.78, 5) is 2.39. The molecule has 0 amide bonds. The molecule has 0 saturated heterocycles. The van der Waals surface area contributed by atoms with Crippen LogP contribution in [-0.2, 0) is 5.41 Å². The van der Waals surface area contributed by atoms with Crippen molar-refractivity contribution >= 4 is 11.4 Å². The summed E-state index contributed by atoms with van der Waals surface area (Å²) >= 11 is 0. The Labute approximate surface area is 378 Å². The van der Waals surface area contributed by atoms with Crippen LogP contribution in [0.4, 0.5) is 11.4 Å². The second-order valence-electron chi connectivity index (χ2n) is 18.4. The highest BCUT2D eigenvalue weighted by Crippen LogP contribution is 2.60. The minimum Gasteiger partial charge on any atom is -0.356 e. The normalized spacial score (nSPS) is 23.3. The number of hydrogen-bond donors (Lipinski definition) is 1. The van der Waals surface area contributed by atoms with Crippen LogP contribution >= 0.6 is 0 Å². The summed E-state index contributed by atoms with van der Waals surface area (Å²) in [5.74, 6) is 0.865. The van der Waals surface area contributed by atoms with Crippen molar-refractivity contribution in [3.05, 3.63) is 250 Å². The van der Waals surface area contributed by atoms with Gasteiger partial charge in [0.15, 0.2) is 0 Å². The zero-order chi connectivity index (χ0) is 44.3.